The summed E-state index contributed by atoms with van der Waals surface area (Å²) in [6.07, 6.45) is 7.19. The van der Waals surface area contributed by atoms with Crippen LogP contribution in [-0.2, 0) is 12.8 Å². The van der Waals surface area contributed by atoms with Crippen LogP contribution in [0.25, 0.3) is 5.57 Å². The van der Waals surface area contributed by atoms with Crippen LogP contribution in [-0.4, -0.2) is 5.54 Å². The van der Waals surface area contributed by atoms with Crippen molar-refractivity contribution in [2.75, 3.05) is 5.32 Å². The van der Waals surface area contributed by atoms with Gasteiger partial charge in [-0.3, -0.25) is 0 Å². The molecule has 0 aliphatic carbocycles. The van der Waals surface area contributed by atoms with Gasteiger partial charge < -0.3 is 5.32 Å². The first-order chi connectivity index (χ1) is 8.98. The molecule has 0 radical (unpaired) electrons. The molecule has 19 heavy (non-hydrogen) atoms. The summed E-state index contributed by atoms with van der Waals surface area (Å²) in [6.45, 7) is 11.3. The third-order valence-electron chi connectivity index (χ3n) is 4.01. The zero-order chi connectivity index (χ0) is 14.0. The SMILES string of the molecule is CCCCc1ccc2c(c1CC)NC(C)(C)C=C2C. The van der Waals surface area contributed by atoms with Crippen LogP contribution in [0.4, 0.5) is 5.69 Å². The predicted molar refractivity (Wildman–Crippen MR) is 85.8 cm³/mol. The van der Waals surface area contributed by atoms with Crippen molar-refractivity contribution >= 4 is 11.3 Å². The molecule has 0 unspecified atom stereocenters. The van der Waals surface area contributed by atoms with E-state index in [2.05, 4.69) is 58.1 Å². The van der Waals surface area contributed by atoms with E-state index in [1.165, 1.54) is 47.2 Å². The Morgan fingerprint density at radius 2 is 1.89 bits per heavy atom. The smallest absolute Gasteiger partial charge is 0.0506 e. The van der Waals surface area contributed by atoms with Crippen molar-refractivity contribution in [2.24, 2.45) is 0 Å². The molecule has 0 amide bonds. The highest BCUT2D eigenvalue weighted by Gasteiger charge is 2.24. The van der Waals surface area contributed by atoms with Crippen LogP contribution in [0.3, 0.4) is 0 Å². The van der Waals surface area contributed by atoms with Crippen LogP contribution < -0.4 is 5.32 Å². The second kappa shape index (κ2) is 5.40. The van der Waals surface area contributed by atoms with E-state index in [1.54, 1.807) is 0 Å². The van der Waals surface area contributed by atoms with Gasteiger partial charge in [-0.1, -0.05) is 38.5 Å². The number of anilines is 1. The molecule has 2 rings (SSSR count). The fourth-order valence-corrected chi connectivity index (χ4v) is 3.14. The molecule has 1 heteroatoms. The summed E-state index contributed by atoms with van der Waals surface area (Å²) >= 11 is 0. The lowest BCUT2D eigenvalue weighted by Gasteiger charge is -2.33. The summed E-state index contributed by atoms with van der Waals surface area (Å²) in [5.41, 5.74) is 7.27. The third kappa shape index (κ3) is 2.86. The number of allylic oxidation sites excluding steroid dienone is 1. The van der Waals surface area contributed by atoms with Crippen molar-refractivity contribution in [2.45, 2.75) is 65.8 Å². The van der Waals surface area contributed by atoms with E-state index in [4.69, 9.17) is 0 Å². The van der Waals surface area contributed by atoms with Gasteiger partial charge in [0.05, 0.1) is 5.54 Å². The summed E-state index contributed by atoms with van der Waals surface area (Å²) in [5, 5.41) is 3.73. The molecule has 0 fully saturated rings. The molecular weight excluding hydrogens is 230 g/mol. The van der Waals surface area contributed by atoms with E-state index in [0.717, 1.165) is 6.42 Å². The maximum Gasteiger partial charge on any atom is 0.0506 e. The van der Waals surface area contributed by atoms with Gasteiger partial charge in [0.2, 0.25) is 0 Å². The standard InChI is InChI=1S/C18H27N/c1-6-8-9-14-10-11-16-13(3)12-18(4,5)19-17(16)15(14)7-2/h10-12,19H,6-9H2,1-5H3. The minimum Gasteiger partial charge on any atom is -0.376 e. The van der Waals surface area contributed by atoms with Crippen molar-refractivity contribution in [3.05, 3.63) is 34.9 Å². The van der Waals surface area contributed by atoms with E-state index >= 15 is 0 Å². The molecule has 1 heterocycles. The molecule has 0 atom stereocenters. The first-order valence-electron chi connectivity index (χ1n) is 7.61. The Kier molecular flexibility index (Phi) is 4.03. The minimum absolute atomic E-state index is 0.0599. The zero-order valence-corrected chi connectivity index (χ0v) is 13.1. The lowest BCUT2D eigenvalue weighted by Crippen LogP contribution is -2.32. The maximum absolute atomic E-state index is 3.73. The molecule has 1 nitrogen and oxygen atoms in total. The number of benzene rings is 1. The molecule has 1 aliphatic heterocycles. The van der Waals surface area contributed by atoms with Crippen LogP contribution in [0.2, 0.25) is 0 Å². The van der Waals surface area contributed by atoms with Gasteiger partial charge in [-0.15, -0.1) is 0 Å². The summed E-state index contributed by atoms with van der Waals surface area (Å²) in [4.78, 5) is 0. The van der Waals surface area contributed by atoms with E-state index < -0.39 is 0 Å². The summed E-state index contributed by atoms with van der Waals surface area (Å²) in [7, 11) is 0. The van der Waals surface area contributed by atoms with Gasteiger partial charge in [0.1, 0.15) is 0 Å². The Balaban J connectivity index is 2.49. The Hall–Kier alpha value is -1.24. The highest BCUT2D eigenvalue weighted by Crippen LogP contribution is 2.38. The monoisotopic (exact) mass is 257 g/mol. The Labute approximate surface area is 118 Å². The average Bonchev–Trinajstić information content (AvgIpc) is 2.34. The lowest BCUT2D eigenvalue weighted by atomic mass is 9.86. The normalized spacial score (nSPS) is 16.6. The van der Waals surface area contributed by atoms with Gasteiger partial charge in [0.15, 0.2) is 0 Å². The van der Waals surface area contributed by atoms with Crippen LogP contribution in [0.5, 0.6) is 0 Å². The van der Waals surface area contributed by atoms with Gasteiger partial charge in [0, 0.05) is 11.3 Å². The van der Waals surface area contributed by atoms with Gasteiger partial charge >= 0.3 is 0 Å². The van der Waals surface area contributed by atoms with Crippen molar-refractivity contribution in [1.82, 2.24) is 0 Å². The molecule has 1 N–H and O–H groups in total. The Morgan fingerprint density at radius 3 is 2.53 bits per heavy atom. The third-order valence-corrected chi connectivity index (χ3v) is 4.01. The Bertz CT molecular complexity index is 495. The average molecular weight is 257 g/mol. The van der Waals surface area contributed by atoms with E-state index in [1.807, 2.05) is 0 Å². The fraction of sp³-hybridized carbons (Fsp3) is 0.556. The summed E-state index contributed by atoms with van der Waals surface area (Å²) in [6, 6.07) is 4.64. The first-order valence-corrected chi connectivity index (χ1v) is 7.61. The molecule has 0 saturated carbocycles. The number of hydrogen-bond acceptors (Lipinski definition) is 1. The molecule has 0 saturated heterocycles. The number of nitrogens with one attached hydrogen (secondary N) is 1. The molecule has 104 valence electrons. The lowest BCUT2D eigenvalue weighted by molar-refractivity contribution is 0.703. The van der Waals surface area contributed by atoms with E-state index in [-0.39, 0.29) is 5.54 Å². The van der Waals surface area contributed by atoms with E-state index in [9.17, 15) is 0 Å². The second-order valence-electron chi connectivity index (χ2n) is 6.26. The van der Waals surface area contributed by atoms with Gasteiger partial charge in [-0.25, -0.2) is 0 Å². The number of unbranched alkanes of at least 4 members (excludes halogenated alkanes) is 1. The fourth-order valence-electron chi connectivity index (χ4n) is 3.14. The van der Waals surface area contributed by atoms with Gasteiger partial charge in [-0.05, 0) is 56.7 Å². The number of hydrogen-bond donors (Lipinski definition) is 1. The van der Waals surface area contributed by atoms with Crippen molar-refractivity contribution in [3.8, 4) is 0 Å². The maximum atomic E-state index is 3.73. The predicted octanol–water partition coefficient (Wildman–Crippen LogP) is 5.20. The van der Waals surface area contributed by atoms with Gasteiger partial charge in [-0.2, -0.15) is 0 Å². The molecule has 0 bridgehead atoms. The molecular formula is C18H27N. The zero-order valence-electron chi connectivity index (χ0n) is 13.1. The van der Waals surface area contributed by atoms with Crippen LogP contribution >= 0.6 is 0 Å². The molecule has 0 spiro atoms. The second-order valence-corrected chi connectivity index (χ2v) is 6.26. The van der Waals surface area contributed by atoms with Crippen LogP contribution in [0.15, 0.2) is 18.2 Å². The topological polar surface area (TPSA) is 12.0 Å². The molecule has 1 aromatic rings. The quantitative estimate of drug-likeness (QED) is 0.781. The molecule has 1 aliphatic rings. The van der Waals surface area contributed by atoms with Crippen LogP contribution in [0, 0.1) is 0 Å². The van der Waals surface area contributed by atoms with Crippen molar-refractivity contribution in [3.63, 3.8) is 0 Å². The largest absolute Gasteiger partial charge is 0.376 e. The summed E-state index contributed by atoms with van der Waals surface area (Å²) < 4.78 is 0. The highest BCUT2D eigenvalue weighted by atomic mass is 15.0. The van der Waals surface area contributed by atoms with Crippen LogP contribution in [0.1, 0.15) is 64.2 Å². The first kappa shape index (κ1) is 14.2. The van der Waals surface area contributed by atoms with Crippen molar-refractivity contribution in [1.29, 1.82) is 0 Å². The Morgan fingerprint density at radius 1 is 1.16 bits per heavy atom. The number of aryl methyl sites for hydroxylation is 1. The molecule has 0 aromatic heterocycles. The highest BCUT2D eigenvalue weighted by molar-refractivity contribution is 5.82. The van der Waals surface area contributed by atoms with Crippen molar-refractivity contribution < 1.29 is 0 Å². The van der Waals surface area contributed by atoms with Gasteiger partial charge in [0.25, 0.3) is 0 Å². The summed E-state index contributed by atoms with van der Waals surface area (Å²) in [5.74, 6) is 0. The number of rotatable bonds is 4. The van der Waals surface area contributed by atoms with E-state index in [0.29, 0.717) is 0 Å². The molecule has 1 aromatic carbocycles. The minimum atomic E-state index is 0.0599. The number of fused-ring (bicyclic) bond motifs is 1.